The molecular formula is C26H26ClF3N2O6S. The van der Waals surface area contributed by atoms with Crippen LogP contribution in [0.25, 0.3) is 0 Å². The van der Waals surface area contributed by atoms with Crippen LogP contribution in [0, 0.1) is 23.4 Å². The van der Waals surface area contributed by atoms with Crippen molar-refractivity contribution in [2.75, 3.05) is 12.4 Å². The molecule has 2 aromatic rings. The van der Waals surface area contributed by atoms with Gasteiger partial charge in [0.05, 0.1) is 28.7 Å². The second-order valence-corrected chi connectivity index (χ2v) is 12.4. The number of nitrogens with one attached hydrogen (secondary N) is 1. The molecule has 0 aliphatic carbocycles. The SMILES string of the molecule is COC(=O)C[C@@H](C)C(=O)N1C2CCC1CC(S(=O)(=O)c1cc(C(=O)Nc3cc(F)c(F)c(F)c3)ccc1Cl)C2. The number of sulfone groups is 1. The van der Waals surface area contributed by atoms with Crippen molar-refractivity contribution in [1.29, 1.82) is 0 Å². The van der Waals surface area contributed by atoms with Gasteiger partial charge in [-0.3, -0.25) is 14.4 Å². The average molecular weight is 587 g/mol. The number of methoxy groups -OCH3 is 1. The minimum atomic E-state index is -4.05. The summed E-state index contributed by atoms with van der Waals surface area (Å²) in [5.74, 6) is -6.90. The van der Waals surface area contributed by atoms with Gasteiger partial charge in [-0.15, -0.1) is 0 Å². The maximum absolute atomic E-state index is 13.7. The van der Waals surface area contributed by atoms with E-state index in [2.05, 4.69) is 10.1 Å². The Morgan fingerprint density at radius 3 is 2.23 bits per heavy atom. The number of piperidine rings is 1. The topological polar surface area (TPSA) is 110 Å². The van der Waals surface area contributed by atoms with E-state index in [0.717, 1.165) is 6.07 Å². The molecule has 2 amide bonds. The van der Waals surface area contributed by atoms with E-state index in [-0.39, 0.29) is 58.4 Å². The minimum absolute atomic E-state index is 0.0747. The second kappa shape index (κ2) is 11.2. The van der Waals surface area contributed by atoms with Crippen molar-refractivity contribution in [3.63, 3.8) is 0 Å². The monoisotopic (exact) mass is 586 g/mol. The van der Waals surface area contributed by atoms with Crippen LogP contribution in [0.5, 0.6) is 0 Å². The standard InChI is InChI=1S/C26H26ClF3N2O6S/c1-13(7-23(33)38-2)26(35)32-16-4-5-17(32)12-18(11-16)39(36,37)22-8-14(3-6-19(22)27)25(34)31-15-9-20(28)24(30)21(29)10-15/h3,6,8-10,13,16-18H,4-5,7,11-12H2,1-2H3,(H,31,34)/t13-,16?,17?,18?/m1/s1. The number of halogens is 4. The van der Waals surface area contributed by atoms with Gasteiger partial charge in [-0.1, -0.05) is 18.5 Å². The Kier molecular flexibility index (Phi) is 8.27. The average Bonchev–Trinajstić information content (AvgIpc) is 3.14. The number of hydrogen-bond donors (Lipinski definition) is 1. The number of esters is 1. The summed E-state index contributed by atoms with van der Waals surface area (Å²) in [4.78, 5) is 38.8. The van der Waals surface area contributed by atoms with Gasteiger partial charge < -0.3 is 15.0 Å². The van der Waals surface area contributed by atoms with Crippen molar-refractivity contribution in [2.24, 2.45) is 5.92 Å². The molecule has 1 N–H and O–H groups in total. The minimum Gasteiger partial charge on any atom is -0.469 e. The summed E-state index contributed by atoms with van der Waals surface area (Å²) >= 11 is 6.24. The molecule has 2 bridgehead atoms. The maximum Gasteiger partial charge on any atom is 0.306 e. The Balaban J connectivity index is 1.53. The van der Waals surface area contributed by atoms with Crippen LogP contribution in [0.2, 0.25) is 5.02 Å². The number of nitrogens with zero attached hydrogens (tertiary/aromatic N) is 1. The Bertz CT molecular complexity index is 1400. The molecule has 0 saturated carbocycles. The Labute approximate surface area is 228 Å². The van der Waals surface area contributed by atoms with Gasteiger partial charge >= 0.3 is 5.97 Å². The fourth-order valence-corrected chi connectivity index (χ4v) is 7.67. The fraction of sp³-hybridized carbons (Fsp3) is 0.423. The van der Waals surface area contributed by atoms with Crippen LogP contribution < -0.4 is 5.32 Å². The lowest BCUT2D eigenvalue weighted by atomic mass is 9.98. The highest BCUT2D eigenvalue weighted by Gasteiger charge is 2.48. The number of ether oxygens (including phenoxy) is 1. The number of carbonyl (C=O) groups excluding carboxylic acids is 3. The van der Waals surface area contributed by atoms with E-state index in [9.17, 15) is 36.0 Å². The van der Waals surface area contributed by atoms with Crippen molar-refractivity contribution < 1.29 is 40.7 Å². The summed E-state index contributed by atoms with van der Waals surface area (Å²) in [5, 5.41) is 1.24. The third-order valence-electron chi connectivity index (χ3n) is 7.25. The first-order valence-electron chi connectivity index (χ1n) is 12.2. The Hall–Kier alpha value is -3.12. The lowest BCUT2D eigenvalue weighted by Crippen LogP contribution is -2.51. The molecule has 3 atom stereocenters. The molecule has 2 unspecified atom stereocenters. The first-order valence-corrected chi connectivity index (χ1v) is 14.1. The number of carbonyl (C=O) groups is 3. The van der Waals surface area contributed by atoms with Crippen LogP contribution in [0.1, 0.15) is 49.4 Å². The summed E-state index contributed by atoms with van der Waals surface area (Å²) in [6.45, 7) is 1.63. The number of benzene rings is 2. The van der Waals surface area contributed by atoms with Gasteiger partial charge in [-0.25, -0.2) is 21.6 Å². The summed E-state index contributed by atoms with van der Waals surface area (Å²) in [5.41, 5.74) is -0.499. The predicted molar refractivity (Wildman–Crippen MR) is 135 cm³/mol. The fourth-order valence-electron chi connectivity index (χ4n) is 5.29. The molecule has 210 valence electrons. The molecule has 0 aromatic heterocycles. The third-order valence-corrected chi connectivity index (χ3v) is 9.90. The lowest BCUT2D eigenvalue weighted by Gasteiger charge is -2.40. The van der Waals surface area contributed by atoms with E-state index in [1.807, 2.05) is 0 Å². The predicted octanol–water partition coefficient (Wildman–Crippen LogP) is 4.50. The van der Waals surface area contributed by atoms with Gasteiger partial charge in [0.2, 0.25) is 5.91 Å². The molecule has 2 aliphatic rings. The highest BCUT2D eigenvalue weighted by molar-refractivity contribution is 7.92. The van der Waals surface area contributed by atoms with Crippen molar-refractivity contribution in [3.8, 4) is 0 Å². The maximum atomic E-state index is 13.7. The van der Waals surface area contributed by atoms with Crippen LogP contribution in [0.15, 0.2) is 35.2 Å². The van der Waals surface area contributed by atoms with Crippen molar-refractivity contribution in [2.45, 2.75) is 61.3 Å². The van der Waals surface area contributed by atoms with Gasteiger partial charge in [0.15, 0.2) is 27.3 Å². The Morgan fingerprint density at radius 2 is 1.67 bits per heavy atom. The van der Waals surface area contributed by atoms with E-state index in [1.165, 1.54) is 19.2 Å². The molecule has 4 rings (SSSR count). The lowest BCUT2D eigenvalue weighted by molar-refractivity contribution is -0.148. The molecule has 8 nitrogen and oxygen atoms in total. The zero-order valence-electron chi connectivity index (χ0n) is 21.0. The van der Waals surface area contributed by atoms with Crippen LogP contribution >= 0.6 is 11.6 Å². The summed E-state index contributed by atoms with van der Waals surface area (Å²) < 4.78 is 72.2. The third kappa shape index (κ3) is 5.76. The largest absolute Gasteiger partial charge is 0.469 e. The number of amides is 2. The van der Waals surface area contributed by atoms with E-state index >= 15 is 0 Å². The van der Waals surface area contributed by atoms with Gasteiger partial charge in [-0.05, 0) is 43.9 Å². The van der Waals surface area contributed by atoms with Gasteiger partial charge in [-0.2, -0.15) is 0 Å². The molecule has 2 fully saturated rings. The zero-order valence-corrected chi connectivity index (χ0v) is 22.6. The smallest absolute Gasteiger partial charge is 0.306 e. The van der Waals surface area contributed by atoms with Gasteiger partial charge in [0.25, 0.3) is 5.91 Å². The van der Waals surface area contributed by atoms with E-state index in [0.29, 0.717) is 25.0 Å². The van der Waals surface area contributed by atoms with Crippen LogP contribution in [0.3, 0.4) is 0 Å². The number of anilines is 1. The van der Waals surface area contributed by atoms with Crippen molar-refractivity contribution in [3.05, 3.63) is 58.4 Å². The molecule has 2 heterocycles. The molecule has 2 aromatic carbocycles. The normalized spacial score (nSPS) is 21.4. The Morgan fingerprint density at radius 1 is 1.08 bits per heavy atom. The molecule has 13 heteroatoms. The van der Waals surface area contributed by atoms with Gasteiger partial charge in [0.1, 0.15) is 0 Å². The van der Waals surface area contributed by atoms with Crippen molar-refractivity contribution >= 4 is 44.9 Å². The van der Waals surface area contributed by atoms with Crippen molar-refractivity contribution in [1.82, 2.24) is 4.90 Å². The number of hydrogen-bond acceptors (Lipinski definition) is 6. The highest BCUT2D eigenvalue weighted by Crippen LogP contribution is 2.42. The van der Waals surface area contributed by atoms with E-state index < -0.39 is 50.3 Å². The quantitative estimate of drug-likeness (QED) is 0.378. The molecule has 2 aliphatic heterocycles. The summed E-state index contributed by atoms with van der Waals surface area (Å²) in [7, 11) is -2.81. The molecule has 0 radical (unpaired) electrons. The van der Waals surface area contributed by atoms with Crippen LogP contribution in [-0.2, 0) is 24.2 Å². The van der Waals surface area contributed by atoms with Crippen LogP contribution in [0.4, 0.5) is 18.9 Å². The second-order valence-electron chi connectivity index (χ2n) is 9.80. The molecule has 0 spiro atoms. The highest BCUT2D eigenvalue weighted by atomic mass is 35.5. The zero-order chi connectivity index (χ0) is 28.6. The molecule has 2 saturated heterocycles. The summed E-state index contributed by atoms with van der Waals surface area (Å²) in [6, 6.07) is 4.11. The first-order chi connectivity index (χ1) is 18.3. The van der Waals surface area contributed by atoms with E-state index in [1.54, 1.807) is 11.8 Å². The molecule has 39 heavy (non-hydrogen) atoms. The van der Waals surface area contributed by atoms with Crippen LogP contribution in [-0.4, -0.2) is 55.5 Å². The number of fused-ring (bicyclic) bond motifs is 2. The first kappa shape index (κ1) is 28.9. The molecular weight excluding hydrogens is 561 g/mol. The summed E-state index contributed by atoms with van der Waals surface area (Å²) in [6.07, 6.45) is 1.49. The van der Waals surface area contributed by atoms with E-state index in [4.69, 9.17) is 11.6 Å². The van der Waals surface area contributed by atoms with Gasteiger partial charge in [0, 0.05) is 41.4 Å². The number of rotatable bonds is 7.